The molecule has 0 N–H and O–H groups in total. The van der Waals surface area contributed by atoms with Gasteiger partial charge in [0.15, 0.2) is 16.8 Å². The molecule has 88 valence electrons. The minimum atomic E-state index is -0.566. The first-order chi connectivity index (χ1) is 7.99. The summed E-state index contributed by atoms with van der Waals surface area (Å²) in [5.41, 5.74) is 2.13. The van der Waals surface area contributed by atoms with E-state index < -0.39 is 5.82 Å². The molecule has 0 fully saturated rings. The van der Waals surface area contributed by atoms with Crippen molar-refractivity contribution < 1.29 is 4.39 Å². The minimum absolute atomic E-state index is 0.145. The highest BCUT2D eigenvalue weighted by Crippen LogP contribution is 2.25. The van der Waals surface area contributed by atoms with Crippen LogP contribution in [0.2, 0.25) is 5.15 Å². The van der Waals surface area contributed by atoms with Gasteiger partial charge in [-0.05, 0) is 31.5 Å². The van der Waals surface area contributed by atoms with E-state index in [0.717, 1.165) is 15.6 Å². The summed E-state index contributed by atoms with van der Waals surface area (Å²) in [7, 11) is 0. The molecule has 0 atom stereocenters. The topological polar surface area (TPSA) is 25.8 Å². The summed E-state index contributed by atoms with van der Waals surface area (Å²) in [4.78, 5) is 8.03. The van der Waals surface area contributed by atoms with Gasteiger partial charge in [0.05, 0.1) is 5.69 Å². The van der Waals surface area contributed by atoms with Crippen LogP contribution < -0.4 is 0 Å². The van der Waals surface area contributed by atoms with E-state index in [2.05, 4.69) is 25.9 Å². The van der Waals surface area contributed by atoms with Crippen molar-refractivity contribution in [1.29, 1.82) is 0 Å². The molecule has 1 aromatic carbocycles. The van der Waals surface area contributed by atoms with E-state index >= 15 is 0 Å². The zero-order chi connectivity index (χ0) is 12.6. The minimum Gasteiger partial charge on any atom is -0.230 e. The second kappa shape index (κ2) is 4.70. The van der Waals surface area contributed by atoms with Crippen molar-refractivity contribution in [2.45, 2.75) is 13.8 Å². The molecule has 5 heteroatoms. The first-order valence-electron chi connectivity index (χ1n) is 4.95. The fourth-order valence-electron chi connectivity index (χ4n) is 1.44. The van der Waals surface area contributed by atoms with E-state index in [1.165, 1.54) is 0 Å². The normalized spacial score (nSPS) is 10.6. The van der Waals surface area contributed by atoms with E-state index in [4.69, 9.17) is 11.6 Å². The first kappa shape index (κ1) is 12.5. The lowest BCUT2D eigenvalue weighted by Crippen LogP contribution is -1.97. The van der Waals surface area contributed by atoms with Crippen molar-refractivity contribution in [3.8, 4) is 11.4 Å². The SMILES string of the molecule is Cc1cc(-c2nc(C)c(F)c(Cl)n2)ccc1Br. The molecule has 0 bridgehead atoms. The molecule has 0 amide bonds. The second-order valence-electron chi connectivity index (χ2n) is 3.70. The molecular weight excluding hydrogens is 307 g/mol. The van der Waals surface area contributed by atoms with Gasteiger partial charge >= 0.3 is 0 Å². The summed E-state index contributed by atoms with van der Waals surface area (Å²) < 4.78 is 14.3. The van der Waals surface area contributed by atoms with Gasteiger partial charge in [-0.15, -0.1) is 0 Å². The van der Waals surface area contributed by atoms with Gasteiger partial charge < -0.3 is 0 Å². The predicted molar refractivity (Wildman–Crippen MR) is 69.6 cm³/mol. The Morgan fingerprint density at radius 2 is 1.94 bits per heavy atom. The summed E-state index contributed by atoms with van der Waals surface area (Å²) in [6, 6.07) is 5.69. The van der Waals surface area contributed by atoms with Gasteiger partial charge in [-0.2, -0.15) is 0 Å². The fraction of sp³-hybridized carbons (Fsp3) is 0.167. The summed E-state index contributed by atoms with van der Waals surface area (Å²) in [5, 5.41) is -0.145. The Morgan fingerprint density at radius 3 is 2.53 bits per heavy atom. The summed E-state index contributed by atoms with van der Waals surface area (Å²) in [6.07, 6.45) is 0. The smallest absolute Gasteiger partial charge is 0.181 e. The molecule has 1 aromatic heterocycles. The lowest BCUT2D eigenvalue weighted by Gasteiger charge is -2.05. The number of benzene rings is 1. The standard InChI is InChI=1S/C12H9BrClFN2/c1-6-5-8(3-4-9(6)13)12-16-7(2)10(15)11(14)17-12/h3-5H,1-2H3. The number of rotatable bonds is 1. The Labute approximate surface area is 112 Å². The summed E-state index contributed by atoms with van der Waals surface area (Å²) in [5.74, 6) is -0.131. The zero-order valence-corrected chi connectivity index (χ0v) is 11.6. The fourth-order valence-corrected chi connectivity index (χ4v) is 1.90. The summed E-state index contributed by atoms with van der Waals surface area (Å²) >= 11 is 9.12. The molecule has 0 aliphatic rings. The number of aryl methyl sites for hydroxylation is 2. The molecule has 0 aliphatic heterocycles. The van der Waals surface area contributed by atoms with Gasteiger partial charge in [-0.3, -0.25) is 0 Å². The maximum atomic E-state index is 13.3. The second-order valence-corrected chi connectivity index (χ2v) is 4.91. The van der Waals surface area contributed by atoms with Crippen LogP contribution in [0.3, 0.4) is 0 Å². The molecule has 2 nitrogen and oxygen atoms in total. The van der Waals surface area contributed by atoms with Crippen LogP contribution in [0.1, 0.15) is 11.3 Å². The molecule has 0 saturated carbocycles. The van der Waals surface area contributed by atoms with E-state index in [1.807, 2.05) is 25.1 Å². The maximum Gasteiger partial charge on any atom is 0.181 e. The Kier molecular flexibility index (Phi) is 3.45. The summed E-state index contributed by atoms with van der Waals surface area (Å²) in [6.45, 7) is 3.53. The van der Waals surface area contributed by atoms with Gasteiger partial charge in [0.1, 0.15) is 0 Å². The van der Waals surface area contributed by atoms with Crippen LogP contribution in [0.5, 0.6) is 0 Å². The molecule has 17 heavy (non-hydrogen) atoms. The highest BCUT2D eigenvalue weighted by Gasteiger charge is 2.11. The lowest BCUT2D eigenvalue weighted by atomic mass is 10.1. The Bertz CT molecular complexity index is 564. The van der Waals surface area contributed by atoms with E-state index in [0.29, 0.717) is 5.82 Å². The lowest BCUT2D eigenvalue weighted by molar-refractivity contribution is 0.603. The molecule has 0 saturated heterocycles. The highest BCUT2D eigenvalue weighted by molar-refractivity contribution is 9.10. The Hall–Kier alpha value is -1.00. The third-order valence-electron chi connectivity index (χ3n) is 2.39. The van der Waals surface area contributed by atoms with Crippen LogP contribution in [0.4, 0.5) is 4.39 Å². The van der Waals surface area contributed by atoms with E-state index in [9.17, 15) is 4.39 Å². The quantitative estimate of drug-likeness (QED) is 0.733. The Morgan fingerprint density at radius 1 is 1.24 bits per heavy atom. The number of hydrogen-bond acceptors (Lipinski definition) is 2. The van der Waals surface area contributed by atoms with Crippen molar-refractivity contribution in [1.82, 2.24) is 9.97 Å². The first-order valence-corrected chi connectivity index (χ1v) is 6.12. The Balaban J connectivity index is 2.57. The zero-order valence-electron chi connectivity index (χ0n) is 9.26. The highest BCUT2D eigenvalue weighted by atomic mass is 79.9. The van der Waals surface area contributed by atoms with Crippen molar-refractivity contribution in [2.75, 3.05) is 0 Å². The average molecular weight is 316 g/mol. The van der Waals surface area contributed by atoms with Gasteiger partial charge in [0.2, 0.25) is 0 Å². The van der Waals surface area contributed by atoms with Gasteiger partial charge in [0.25, 0.3) is 0 Å². The van der Waals surface area contributed by atoms with Crippen LogP contribution in [0.15, 0.2) is 22.7 Å². The molecule has 0 radical (unpaired) electrons. The van der Waals surface area contributed by atoms with Crippen molar-refractivity contribution in [3.63, 3.8) is 0 Å². The van der Waals surface area contributed by atoms with Gasteiger partial charge in [-0.1, -0.05) is 33.6 Å². The van der Waals surface area contributed by atoms with Crippen LogP contribution in [0.25, 0.3) is 11.4 Å². The van der Waals surface area contributed by atoms with Crippen LogP contribution in [-0.2, 0) is 0 Å². The van der Waals surface area contributed by atoms with Crippen molar-refractivity contribution in [3.05, 3.63) is 44.9 Å². The molecule has 2 rings (SSSR count). The average Bonchev–Trinajstić information content (AvgIpc) is 2.29. The van der Waals surface area contributed by atoms with Crippen molar-refractivity contribution >= 4 is 27.5 Å². The molecule has 0 unspecified atom stereocenters. The third-order valence-corrected chi connectivity index (χ3v) is 3.53. The van der Waals surface area contributed by atoms with E-state index in [-0.39, 0.29) is 10.8 Å². The number of hydrogen-bond donors (Lipinski definition) is 0. The molecule has 1 heterocycles. The predicted octanol–water partition coefficient (Wildman–Crippen LogP) is 4.32. The molecule has 0 aliphatic carbocycles. The molecule has 0 spiro atoms. The molecular formula is C12H9BrClFN2. The van der Waals surface area contributed by atoms with Gasteiger partial charge in [-0.25, -0.2) is 14.4 Å². The maximum absolute atomic E-state index is 13.3. The monoisotopic (exact) mass is 314 g/mol. The van der Waals surface area contributed by atoms with Crippen LogP contribution in [0, 0.1) is 19.7 Å². The number of nitrogens with zero attached hydrogens (tertiary/aromatic N) is 2. The number of aromatic nitrogens is 2. The van der Waals surface area contributed by atoms with Crippen molar-refractivity contribution in [2.24, 2.45) is 0 Å². The largest absolute Gasteiger partial charge is 0.230 e. The van der Waals surface area contributed by atoms with Crippen LogP contribution >= 0.6 is 27.5 Å². The molecule has 2 aromatic rings. The number of halogens is 3. The van der Waals surface area contributed by atoms with Gasteiger partial charge in [0, 0.05) is 10.0 Å². The van der Waals surface area contributed by atoms with E-state index in [1.54, 1.807) is 6.92 Å². The van der Waals surface area contributed by atoms with Crippen LogP contribution in [-0.4, -0.2) is 9.97 Å². The third kappa shape index (κ3) is 2.48.